The van der Waals surface area contributed by atoms with Crippen LogP contribution in [0.15, 0.2) is 53.4 Å². The molecule has 0 aliphatic carbocycles. The number of piperidine rings is 1. The third kappa shape index (κ3) is 4.73. The Bertz CT molecular complexity index is 887. The van der Waals surface area contributed by atoms with E-state index in [4.69, 9.17) is 4.74 Å². The topological polar surface area (TPSA) is 63.7 Å². The number of nitrogens with zero attached hydrogens (tertiary/aromatic N) is 1. The third-order valence-electron chi connectivity index (χ3n) is 4.74. The van der Waals surface area contributed by atoms with E-state index in [-0.39, 0.29) is 42.3 Å². The number of hydrogen-bond donors (Lipinski definition) is 0. The molecule has 0 amide bonds. The Morgan fingerprint density at radius 3 is 2.26 bits per heavy atom. The van der Waals surface area contributed by atoms with Crippen molar-refractivity contribution in [3.8, 4) is 0 Å². The maximum Gasteiger partial charge on any atom is 0.309 e. The van der Waals surface area contributed by atoms with Gasteiger partial charge in [-0.15, -0.1) is 0 Å². The van der Waals surface area contributed by atoms with Gasteiger partial charge in [-0.3, -0.25) is 4.79 Å². The Balaban J connectivity index is 1.54. The van der Waals surface area contributed by atoms with Crippen molar-refractivity contribution in [3.63, 3.8) is 0 Å². The largest absolute Gasteiger partial charge is 0.461 e. The highest BCUT2D eigenvalue weighted by molar-refractivity contribution is 7.89. The van der Waals surface area contributed by atoms with E-state index in [1.165, 1.54) is 16.4 Å². The molecule has 0 N–H and O–H groups in total. The highest BCUT2D eigenvalue weighted by atomic mass is 32.2. The van der Waals surface area contributed by atoms with Crippen LogP contribution >= 0.6 is 0 Å². The Morgan fingerprint density at radius 1 is 1.07 bits per heavy atom. The number of benzene rings is 2. The molecular formula is C20H22FNO4S. The number of hydrogen-bond acceptors (Lipinski definition) is 4. The van der Waals surface area contributed by atoms with Gasteiger partial charge in [-0.25, -0.2) is 12.8 Å². The Kier molecular flexibility index (Phi) is 5.92. The van der Waals surface area contributed by atoms with Crippen molar-refractivity contribution in [2.24, 2.45) is 5.92 Å². The van der Waals surface area contributed by atoms with Crippen LogP contribution in [-0.4, -0.2) is 31.8 Å². The second-order valence-electron chi connectivity index (χ2n) is 6.73. The zero-order valence-electron chi connectivity index (χ0n) is 15.1. The monoisotopic (exact) mass is 391 g/mol. The average Bonchev–Trinajstić information content (AvgIpc) is 2.68. The molecule has 0 spiro atoms. The predicted molar refractivity (Wildman–Crippen MR) is 98.9 cm³/mol. The molecule has 1 aliphatic heterocycles. The van der Waals surface area contributed by atoms with Crippen molar-refractivity contribution in [3.05, 3.63) is 65.5 Å². The van der Waals surface area contributed by atoms with Crippen molar-refractivity contribution in [2.45, 2.75) is 31.3 Å². The minimum Gasteiger partial charge on any atom is -0.461 e. The fraction of sp³-hybridized carbons (Fsp3) is 0.350. The first-order valence-corrected chi connectivity index (χ1v) is 10.3. The van der Waals surface area contributed by atoms with Crippen LogP contribution in [0, 0.1) is 18.7 Å². The lowest BCUT2D eigenvalue weighted by Gasteiger charge is -2.30. The van der Waals surface area contributed by atoms with Gasteiger partial charge in [0.25, 0.3) is 0 Å². The van der Waals surface area contributed by atoms with Crippen LogP contribution < -0.4 is 0 Å². The first-order valence-electron chi connectivity index (χ1n) is 8.84. The molecule has 0 saturated carbocycles. The van der Waals surface area contributed by atoms with Gasteiger partial charge < -0.3 is 4.74 Å². The van der Waals surface area contributed by atoms with E-state index >= 15 is 0 Å². The molecule has 144 valence electrons. The van der Waals surface area contributed by atoms with Crippen molar-refractivity contribution in [1.29, 1.82) is 0 Å². The number of carbonyl (C=O) groups is 1. The van der Waals surface area contributed by atoms with Gasteiger partial charge in [-0.1, -0.05) is 29.8 Å². The van der Waals surface area contributed by atoms with E-state index in [2.05, 4.69) is 0 Å². The number of halogens is 1. The fourth-order valence-electron chi connectivity index (χ4n) is 3.04. The van der Waals surface area contributed by atoms with Crippen LogP contribution in [0.2, 0.25) is 0 Å². The van der Waals surface area contributed by atoms with Gasteiger partial charge in [0.2, 0.25) is 10.0 Å². The van der Waals surface area contributed by atoms with Crippen LogP contribution in [0.3, 0.4) is 0 Å². The van der Waals surface area contributed by atoms with Crippen LogP contribution in [-0.2, 0) is 26.2 Å². The molecule has 0 atom stereocenters. The molecule has 1 saturated heterocycles. The molecular weight excluding hydrogens is 369 g/mol. The lowest BCUT2D eigenvalue weighted by molar-refractivity contribution is -0.151. The zero-order chi connectivity index (χ0) is 19.4. The van der Waals surface area contributed by atoms with Gasteiger partial charge in [-0.05, 0) is 49.6 Å². The minimum absolute atomic E-state index is 0.0843. The first kappa shape index (κ1) is 19.5. The third-order valence-corrected chi connectivity index (χ3v) is 6.65. The van der Waals surface area contributed by atoms with Crippen molar-refractivity contribution >= 4 is 16.0 Å². The second-order valence-corrected chi connectivity index (χ2v) is 8.66. The second kappa shape index (κ2) is 8.19. The van der Waals surface area contributed by atoms with Crippen LogP contribution in [0.4, 0.5) is 4.39 Å². The van der Waals surface area contributed by atoms with Gasteiger partial charge in [0, 0.05) is 13.1 Å². The molecule has 2 aromatic rings. The predicted octanol–water partition coefficient (Wildman–Crippen LogP) is 3.28. The molecule has 0 aromatic heterocycles. The summed E-state index contributed by atoms with van der Waals surface area (Å²) in [5.41, 5.74) is 1.71. The lowest BCUT2D eigenvalue weighted by Crippen LogP contribution is -2.40. The smallest absolute Gasteiger partial charge is 0.309 e. The summed E-state index contributed by atoms with van der Waals surface area (Å²) >= 11 is 0. The number of rotatable bonds is 5. The molecule has 0 unspecified atom stereocenters. The molecule has 7 heteroatoms. The average molecular weight is 391 g/mol. The van der Waals surface area contributed by atoms with E-state index in [0.717, 1.165) is 5.56 Å². The Morgan fingerprint density at radius 2 is 1.67 bits per heavy atom. The maximum absolute atomic E-state index is 12.9. The fourth-order valence-corrected chi connectivity index (χ4v) is 4.51. The van der Waals surface area contributed by atoms with E-state index in [9.17, 15) is 17.6 Å². The Labute approximate surface area is 158 Å². The number of ether oxygens (including phenoxy) is 1. The molecule has 0 bridgehead atoms. The molecule has 3 rings (SSSR count). The quantitative estimate of drug-likeness (QED) is 0.734. The molecule has 1 fully saturated rings. The summed E-state index contributed by atoms with van der Waals surface area (Å²) in [6.07, 6.45) is 0.848. The number of sulfonamides is 1. The standard InChI is InChI=1S/C20H22FNO4S/c1-15-2-8-19(9-3-15)27(24,25)22-12-10-17(11-13-22)20(23)26-14-16-4-6-18(21)7-5-16/h2-9,17H,10-14H2,1H3. The summed E-state index contributed by atoms with van der Waals surface area (Å²) in [6, 6.07) is 12.5. The molecule has 1 heterocycles. The minimum atomic E-state index is -3.54. The van der Waals surface area contributed by atoms with Gasteiger partial charge in [0.15, 0.2) is 0 Å². The zero-order valence-corrected chi connectivity index (χ0v) is 15.9. The molecule has 27 heavy (non-hydrogen) atoms. The number of carbonyl (C=O) groups excluding carboxylic acids is 1. The van der Waals surface area contributed by atoms with Gasteiger partial charge in [0.05, 0.1) is 10.8 Å². The summed E-state index contributed by atoms with van der Waals surface area (Å²) in [5.74, 6) is -1.01. The molecule has 1 aliphatic rings. The maximum atomic E-state index is 12.9. The Hall–Kier alpha value is -2.25. The number of esters is 1. The lowest BCUT2D eigenvalue weighted by atomic mass is 9.98. The van der Waals surface area contributed by atoms with Crippen molar-refractivity contribution < 1.29 is 22.3 Å². The molecule has 5 nitrogen and oxygen atoms in total. The van der Waals surface area contributed by atoms with E-state index < -0.39 is 10.0 Å². The highest BCUT2D eigenvalue weighted by Crippen LogP contribution is 2.25. The highest BCUT2D eigenvalue weighted by Gasteiger charge is 2.32. The summed E-state index contributed by atoms with van der Waals surface area (Å²) < 4.78 is 45.0. The van der Waals surface area contributed by atoms with Crippen molar-refractivity contribution in [2.75, 3.05) is 13.1 Å². The van der Waals surface area contributed by atoms with Gasteiger partial charge in [0.1, 0.15) is 12.4 Å². The summed E-state index contributed by atoms with van der Waals surface area (Å²) in [7, 11) is -3.54. The number of aryl methyl sites for hydroxylation is 1. The van der Waals surface area contributed by atoms with Gasteiger partial charge in [-0.2, -0.15) is 4.31 Å². The normalized spacial score (nSPS) is 16.2. The first-order chi connectivity index (χ1) is 12.9. The molecule has 0 radical (unpaired) electrons. The summed E-state index contributed by atoms with van der Waals surface area (Å²) in [6.45, 7) is 2.56. The van der Waals surface area contributed by atoms with Crippen LogP contribution in [0.5, 0.6) is 0 Å². The van der Waals surface area contributed by atoms with Gasteiger partial charge >= 0.3 is 5.97 Å². The molecule has 2 aromatic carbocycles. The van der Waals surface area contributed by atoms with E-state index in [1.807, 2.05) is 6.92 Å². The summed E-state index contributed by atoms with van der Waals surface area (Å²) in [4.78, 5) is 12.5. The van der Waals surface area contributed by atoms with E-state index in [0.29, 0.717) is 18.4 Å². The van der Waals surface area contributed by atoms with Crippen LogP contribution in [0.25, 0.3) is 0 Å². The summed E-state index contributed by atoms with van der Waals surface area (Å²) in [5, 5.41) is 0. The van der Waals surface area contributed by atoms with Crippen LogP contribution in [0.1, 0.15) is 24.0 Å². The SMILES string of the molecule is Cc1ccc(S(=O)(=O)N2CCC(C(=O)OCc3ccc(F)cc3)CC2)cc1. The van der Waals surface area contributed by atoms with Crippen molar-refractivity contribution in [1.82, 2.24) is 4.31 Å². The van der Waals surface area contributed by atoms with E-state index in [1.54, 1.807) is 36.4 Å².